The summed E-state index contributed by atoms with van der Waals surface area (Å²) < 4.78 is 10.4. The molecule has 136 valence electrons. The zero-order valence-corrected chi connectivity index (χ0v) is 15.0. The maximum absolute atomic E-state index is 12.3. The number of ether oxygens (including phenoxy) is 2. The molecular formula is C20H22N2O4. The highest BCUT2D eigenvalue weighted by Gasteiger charge is 2.25. The Kier molecular flexibility index (Phi) is 5.53. The van der Waals surface area contributed by atoms with Gasteiger partial charge in [0, 0.05) is 19.2 Å². The SMILES string of the molecule is COCCNC(=O)c1ccc(CN2C(=O)COc3ccc(C)cc32)cc1. The van der Waals surface area contributed by atoms with E-state index in [9.17, 15) is 9.59 Å². The minimum absolute atomic E-state index is 0.0377. The first-order chi connectivity index (χ1) is 12.6. The molecule has 0 unspecified atom stereocenters. The van der Waals surface area contributed by atoms with Crippen molar-refractivity contribution in [3.63, 3.8) is 0 Å². The highest BCUT2D eigenvalue weighted by molar-refractivity contribution is 5.98. The lowest BCUT2D eigenvalue weighted by atomic mass is 10.1. The van der Waals surface area contributed by atoms with Crippen LogP contribution in [0, 0.1) is 6.92 Å². The van der Waals surface area contributed by atoms with Gasteiger partial charge in [0.1, 0.15) is 5.75 Å². The zero-order chi connectivity index (χ0) is 18.5. The van der Waals surface area contributed by atoms with Gasteiger partial charge in [-0.3, -0.25) is 9.59 Å². The molecule has 0 aliphatic carbocycles. The highest BCUT2D eigenvalue weighted by Crippen LogP contribution is 2.33. The summed E-state index contributed by atoms with van der Waals surface area (Å²) in [7, 11) is 1.59. The molecule has 0 atom stereocenters. The van der Waals surface area contributed by atoms with E-state index < -0.39 is 0 Å². The van der Waals surface area contributed by atoms with Crippen molar-refractivity contribution in [3.05, 3.63) is 59.2 Å². The molecule has 1 aliphatic rings. The smallest absolute Gasteiger partial charge is 0.265 e. The molecule has 2 amide bonds. The monoisotopic (exact) mass is 354 g/mol. The fraction of sp³-hybridized carbons (Fsp3) is 0.300. The van der Waals surface area contributed by atoms with Gasteiger partial charge >= 0.3 is 0 Å². The Morgan fingerprint density at radius 3 is 2.73 bits per heavy atom. The van der Waals surface area contributed by atoms with Gasteiger partial charge in [0.25, 0.3) is 11.8 Å². The van der Waals surface area contributed by atoms with Crippen LogP contribution in [-0.2, 0) is 16.1 Å². The van der Waals surface area contributed by atoms with E-state index in [1.807, 2.05) is 37.3 Å². The largest absolute Gasteiger partial charge is 0.482 e. The van der Waals surface area contributed by atoms with E-state index in [1.165, 1.54) is 0 Å². The van der Waals surface area contributed by atoms with E-state index in [0.717, 1.165) is 16.8 Å². The van der Waals surface area contributed by atoms with Crippen LogP contribution in [0.25, 0.3) is 0 Å². The van der Waals surface area contributed by atoms with E-state index in [1.54, 1.807) is 24.1 Å². The topological polar surface area (TPSA) is 67.9 Å². The Balaban J connectivity index is 1.72. The average molecular weight is 354 g/mol. The second-order valence-corrected chi connectivity index (χ2v) is 6.19. The zero-order valence-electron chi connectivity index (χ0n) is 15.0. The maximum Gasteiger partial charge on any atom is 0.265 e. The number of nitrogens with zero attached hydrogens (tertiary/aromatic N) is 1. The van der Waals surface area contributed by atoms with Gasteiger partial charge in [0.2, 0.25) is 0 Å². The second-order valence-electron chi connectivity index (χ2n) is 6.19. The Morgan fingerprint density at radius 1 is 1.23 bits per heavy atom. The third-order valence-electron chi connectivity index (χ3n) is 4.21. The van der Waals surface area contributed by atoms with Gasteiger partial charge in [-0.2, -0.15) is 0 Å². The molecule has 3 rings (SSSR count). The van der Waals surface area contributed by atoms with Crippen LogP contribution < -0.4 is 15.0 Å². The standard InChI is InChI=1S/C20H22N2O4/c1-14-3-8-18-17(11-14)22(19(23)13-26-18)12-15-4-6-16(7-5-15)20(24)21-9-10-25-2/h3-8,11H,9-10,12-13H2,1-2H3,(H,21,24). The van der Waals surface area contributed by atoms with Crippen molar-refractivity contribution in [2.24, 2.45) is 0 Å². The number of rotatable bonds is 6. The second kappa shape index (κ2) is 8.01. The number of benzene rings is 2. The first-order valence-electron chi connectivity index (χ1n) is 8.48. The Labute approximate surface area is 152 Å². The molecule has 26 heavy (non-hydrogen) atoms. The van der Waals surface area contributed by atoms with Crippen molar-refractivity contribution in [2.45, 2.75) is 13.5 Å². The van der Waals surface area contributed by atoms with Crippen molar-refractivity contribution >= 4 is 17.5 Å². The number of carbonyl (C=O) groups excluding carboxylic acids is 2. The van der Waals surface area contributed by atoms with Gasteiger partial charge in [-0.15, -0.1) is 0 Å². The highest BCUT2D eigenvalue weighted by atomic mass is 16.5. The molecule has 0 fully saturated rings. The number of hydrogen-bond donors (Lipinski definition) is 1. The minimum atomic E-state index is -0.142. The number of amides is 2. The van der Waals surface area contributed by atoms with Crippen molar-refractivity contribution in [2.75, 3.05) is 31.8 Å². The Bertz CT molecular complexity index is 802. The van der Waals surface area contributed by atoms with E-state index in [4.69, 9.17) is 9.47 Å². The number of hydrogen-bond acceptors (Lipinski definition) is 4. The fourth-order valence-electron chi connectivity index (χ4n) is 2.80. The lowest BCUT2D eigenvalue weighted by Crippen LogP contribution is -2.38. The summed E-state index contributed by atoms with van der Waals surface area (Å²) in [5, 5.41) is 2.78. The van der Waals surface area contributed by atoms with Gasteiger partial charge in [-0.25, -0.2) is 0 Å². The molecule has 2 aromatic rings. The summed E-state index contributed by atoms with van der Waals surface area (Å²) in [5.74, 6) is 0.492. The van der Waals surface area contributed by atoms with Crippen molar-refractivity contribution in [1.82, 2.24) is 5.32 Å². The van der Waals surface area contributed by atoms with E-state index >= 15 is 0 Å². The van der Waals surface area contributed by atoms with Crippen molar-refractivity contribution < 1.29 is 19.1 Å². The van der Waals surface area contributed by atoms with Crippen LogP contribution >= 0.6 is 0 Å². The lowest BCUT2D eigenvalue weighted by molar-refractivity contribution is -0.121. The molecule has 6 nitrogen and oxygen atoms in total. The van der Waals surface area contributed by atoms with Crippen LogP contribution in [-0.4, -0.2) is 38.7 Å². The fourth-order valence-corrected chi connectivity index (χ4v) is 2.80. The van der Waals surface area contributed by atoms with E-state index in [-0.39, 0.29) is 18.4 Å². The molecule has 0 aromatic heterocycles. The van der Waals surface area contributed by atoms with Gasteiger partial charge in [-0.05, 0) is 42.3 Å². The van der Waals surface area contributed by atoms with Crippen LogP contribution in [0.3, 0.4) is 0 Å². The van der Waals surface area contributed by atoms with Crippen molar-refractivity contribution in [3.8, 4) is 5.75 Å². The third-order valence-corrected chi connectivity index (χ3v) is 4.21. The summed E-state index contributed by atoms with van der Waals surface area (Å²) in [6.45, 7) is 3.39. The van der Waals surface area contributed by atoms with Crippen LogP contribution in [0.4, 0.5) is 5.69 Å². The summed E-state index contributed by atoms with van der Waals surface area (Å²) in [5.41, 5.74) is 3.37. The molecule has 2 aromatic carbocycles. The van der Waals surface area contributed by atoms with Crippen LogP contribution in [0.1, 0.15) is 21.5 Å². The molecule has 0 bridgehead atoms. The lowest BCUT2D eigenvalue weighted by Gasteiger charge is -2.29. The molecule has 1 heterocycles. The molecule has 6 heteroatoms. The maximum atomic E-state index is 12.3. The molecule has 0 radical (unpaired) electrons. The molecule has 0 saturated heterocycles. The van der Waals surface area contributed by atoms with Gasteiger partial charge in [0.15, 0.2) is 6.61 Å². The first-order valence-corrected chi connectivity index (χ1v) is 8.48. The van der Waals surface area contributed by atoms with Crippen molar-refractivity contribution in [1.29, 1.82) is 0 Å². The predicted molar refractivity (Wildman–Crippen MR) is 98.5 cm³/mol. The molecular weight excluding hydrogens is 332 g/mol. The summed E-state index contributed by atoms with van der Waals surface area (Å²) >= 11 is 0. The van der Waals surface area contributed by atoms with E-state index in [0.29, 0.717) is 31.0 Å². The van der Waals surface area contributed by atoms with Gasteiger partial charge < -0.3 is 19.7 Å². The number of methoxy groups -OCH3 is 1. The molecule has 0 saturated carbocycles. The van der Waals surface area contributed by atoms with Crippen LogP contribution in [0.15, 0.2) is 42.5 Å². The summed E-state index contributed by atoms with van der Waals surface area (Å²) in [6.07, 6.45) is 0. The average Bonchev–Trinajstić information content (AvgIpc) is 2.65. The predicted octanol–water partition coefficient (Wildman–Crippen LogP) is 2.30. The summed E-state index contributed by atoms with van der Waals surface area (Å²) in [6, 6.07) is 13.1. The van der Waals surface area contributed by atoms with Crippen LogP contribution in [0.5, 0.6) is 5.75 Å². The Hall–Kier alpha value is -2.86. The quantitative estimate of drug-likeness (QED) is 0.809. The van der Waals surface area contributed by atoms with Crippen LogP contribution in [0.2, 0.25) is 0 Å². The first kappa shape index (κ1) is 17.9. The number of anilines is 1. The van der Waals surface area contributed by atoms with E-state index in [2.05, 4.69) is 5.32 Å². The molecule has 0 spiro atoms. The molecule has 1 N–H and O–H groups in total. The number of fused-ring (bicyclic) bond motifs is 1. The number of nitrogens with one attached hydrogen (secondary N) is 1. The normalized spacial score (nSPS) is 13.2. The number of carbonyl (C=O) groups is 2. The number of aryl methyl sites for hydroxylation is 1. The molecule has 1 aliphatic heterocycles. The Morgan fingerprint density at radius 2 is 2.00 bits per heavy atom. The summed E-state index contributed by atoms with van der Waals surface area (Å²) in [4.78, 5) is 26.1. The minimum Gasteiger partial charge on any atom is -0.482 e. The van der Waals surface area contributed by atoms with Gasteiger partial charge in [0.05, 0.1) is 18.8 Å². The van der Waals surface area contributed by atoms with Gasteiger partial charge in [-0.1, -0.05) is 18.2 Å². The third kappa shape index (κ3) is 4.03.